The molecule has 4 nitrogen and oxygen atoms in total. The largest absolute Gasteiger partial charge is 0.385 e. The number of nitrogens with one attached hydrogen (secondary N) is 1. The number of hydrogen-bond acceptors (Lipinski definition) is 4. The zero-order chi connectivity index (χ0) is 13.1. The minimum absolute atomic E-state index is 0.604. The molecule has 1 aliphatic rings. The van der Waals surface area contributed by atoms with Crippen molar-refractivity contribution in [2.75, 3.05) is 46.7 Å². The minimum Gasteiger partial charge on any atom is -0.385 e. The SMILES string of the molecule is CCCNC1CCOCC1CCOCCCOC. The van der Waals surface area contributed by atoms with E-state index in [1.807, 2.05) is 0 Å². The molecule has 0 saturated carbocycles. The molecule has 1 aliphatic heterocycles. The van der Waals surface area contributed by atoms with Crippen LogP contribution in [0.1, 0.15) is 32.6 Å². The Kier molecular flexibility index (Phi) is 9.48. The van der Waals surface area contributed by atoms with Crippen LogP contribution in [0.5, 0.6) is 0 Å². The summed E-state index contributed by atoms with van der Waals surface area (Å²) in [5.74, 6) is 0.604. The lowest BCUT2D eigenvalue weighted by atomic mass is 9.93. The van der Waals surface area contributed by atoms with Gasteiger partial charge in [-0.3, -0.25) is 0 Å². The molecule has 1 saturated heterocycles. The van der Waals surface area contributed by atoms with Crippen molar-refractivity contribution in [3.63, 3.8) is 0 Å². The van der Waals surface area contributed by atoms with Crippen molar-refractivity contribution >= 4 is 0 Å². The molecule has 0 aromatic carbocycles. The van der Waals surface area contributed by atoms with Gasteiger partial charge in [0.05, 0.1) is 6.61 Å². The van der Waals surface area contributed by atoms with Gasteiger partial charge in [0.15, 0.2) is 0 Å². The van der Waals surface area contributed by atoms with E-state index in [1.54, 1.807) is 7.11 Å². The molecule has 18 heavy (non-hydrogen) atoms. The second-order valence-corrected chi connectivity index (χ2v) is 4.93. The first-order valence-electron chi connectivity index (χ1n) is 7.26. The molecule has 108 valence electrons. The quantitative estimate of drug-likeness (QED) is 0.608. The lowest BCUT2D eigenvalue weighted by molar-refractivity contribution is 0.0123. The Labute approximate surface area is 111 Å². The summed E-state index contributed by atoms with van der Waals surface area (Å²) < 4.78 is 16.2. The molecular formula is C14H29NO3. The molecule has 1 rings (SSSR count). The number of rotatable bonds is 10. The monoisotopic (exact) mass is 259 g/mol. The second kappa shape index (κ2) is 10.7. The zero-order valence-electron chi connectivity index (χ0n) is 12.0. The third kappa shape index (κ3) is 6.69. The van der Waals surface area contributed by atoms with Gasteiger partial charge in [-0.15, -0.1) is 0 Å². The van der Waals surface area contributed by atoms with Crippen LogP contribution in [0.25, 0.3) is 0 Å². The van der Waals surface area contributed by atoms with Gasteiger partial charge < -0.3 is 19.5 Å². The molecule has 1 fully saturated rings. The molecule has 2 unspecified atom stereocenters. The summed E-state index contributed by atoms with van der Waals surface area (Å²) >= 11 is 0. The third-order valence-corrected chi connectivity index (χ3v) is 3.40. The standard InChI is InChI=1S/C14H29NO3/c1-3-7-15-14-6-11-18-12-13(14)5-10-17-9-4-8-16-2/h13-15H,3-12H2,1-2H3. The van der Waals surface area contributed by atoms with Gasteiger partial charge in [0.1, 0.15) is 0 Å². The molecule has 0 aliphatic carbocycles. The Morgan fingerprint density at radius 3 is 2.94 bits per heavy atom. The molecule has 4 heteroatoms. The average Bonchev–Trinajstić information content (AvgIpc) is 2.41. The fourth-order valence-electron chi connectivity index (χ4n) is 2.32. The molecule has 0 amide bonds. The topological polar surface area (TPSA) is 39.7 Å². The molecule has 2 atom stereocenters. The van der Waals surface area contributed by atoms with E-state index in [9.17, 15) is 0 Å². The van der Waals surface area contributed by atoms with E-state index in [0.717, 1.165) is 58.8 Å². The molecular weight excluding hydrogens is 230 g/mol. The van der Waals surface area contributed by atoms with Gasteiger partial charge in [-0.25, -0.2) is 0 Å². The van der Waals surface area contributed by atoms with Gasteiger partial charge in [0.2, 0.25) is 0 Å². The van der Waals surface area contributed by atoms with Crippen molar-refractivity contribution in [2.24, 2.45) is 5.92 Å². The number of ether oxygens (including phenoxy) is 3. The molecule has 0 spiro atoms. The highest BCUT2D eigenvalue weighted by Crippen LogP contribution is 2.18. The smallest absolute Gasteiger partial charge is 0.0510 e. The Morgan fingerprint density at radius 1 is 1.28 bits per heavy atom. The van der Waals surface area contributed by atoms with E-state index in [1.165, 1.54) is 6.42 Å². The van der Waals surface area contributed by atoms with Gasteiger partial charge >= 0.3 is 0 Å². The summed E-state index contributed by atoms with van der Waals surface area (Å²) in [5, 5.41) is 3.63. The lowest BCUT2D eigenvalue weighted by Crippen LogP contribution is -2.43. The summed E-state index contributed by atoms with van der Waals surface area (Å²) in [5.41, 5.74) is 0. The minimum atomic E-state index is 0.604. The Hall–Kier alpha value is -0.160. The molecule has 1 N–H and O–H groups in total. The van der Waals surface area contributed by atoms with Gasteiger partial charge in [-0.1, -0.05) is 6.92 Å². The van der Waals surface area contributed by atoms with Crippen LogP contribution < -0.4 is 5.32 Å². The van der Waals surface area contributed by atoms with Crippen molar-refractivity contribution in [3.8, 4) is 0 Å². The van der Waals surface area contributed by atoms with E-state index < -0.39 is 0 Å². The maximum atomic E-state index is 5.63. The Bertz CT molecular complexity index is 190. The molecule has 0 aromatic rings. The van der Waals surface area contributed by atoms with E-state index in [0.29, 0.717) is 12.0 Å². The van der Waals surface area contributed by atoms with Gasteiger partial charge in [-0.05, 0) is 38.1 Å². The zero-order valence-corrected chi connectivity index (χ0v) is 12.0. The first-order valence-corrected chi connectivity index (χ1v) is 7.26. The van der Waals surface area contributed by atoms with Crippen LogP contribution in [0.2, 0.25) is 0 Å². The summed E-state index contributed by atoms with van der Waals surface area (Å²) in [6.07, 6.45) is 4.40. The third-order valence-electron chi connectivity index (χ3n) is 3.40. The maximum absolute atomic E-state index is 5.63. The average molecular weight is 259 g/mol. The number of hydrogen-bond donors (Lipinski definition) is 1. The normalized spacial score (nSPS) is 24.3. The molecule has 1 heterocycles. The van der Waals surface area contributed by atoms with Gasteiger partial charge in [0, 0.05) is 39.6 Å². The molecule has 0 aromatic heterocycles. The fourth-order valence-corrected chi connectivity index (χ4v) is 2.32. The number of methoxy groups -OCH3 is 1. The molecule has 0 bridgehead atoms. The van der Waals surface area contributed by atoms with Crippen LogP contribution in [0.4, 0.5) is 0 Å². The fraction of sp³-hybridized carbons (Fsp3) is 1.00. The summed E-state index contributed by atoms with van der Waals surface area (Å²) in [7, 11) is 1.73. The second-order valence-electron chi connectivity index (χ2n) is 4.93. The Balaban J connectivity index is 2.09. The molecule has 0 radical (unpaired) electrons. The first-order chi connectivity index (χ1) is 8.88. The van der Waals surface area contributed by atoms with E-state index >= 15 is 0 Å². The van der Waals surface area contributed by atoms with Crippen molar-refractivity contribution in [3.05, 3.63) is 0 Å². The van der Waals surface area contributed by atoms with Crippen molar-refractivity contribution in [1.29, 1.82) is 0 Å². The van der Waals surface area contributed by atoms with Crippen LogP contribution in [0, 0.1) is 5.92 Å². The van der Waals surface area contributed by atoms with Crippen molar-refractivity contribution < 1.29 is 14.2 Å². The van der Waals surface area contributed by atoms with E-state index in [2.05, 4.69) is 12.2 Å². The summed E-state index contributed by atoms with van der Waals surface area (Å²) in [6.45, 7) is 7.51. The predicted octanol–water partition coefficient (Wildman–Crippen LogP) is 1.83. The van der Waals surface area contributed by atoms with E-state index in [4.69, 9.17) is 14.2 Å². The van der Waals surface area contributed by atoms with Crippen molar-refractivity contribution in [2.45, 2.75) is 38.6 Å². The van der Waals surface area contributed by atoms with Crippen LogP contribution in [0.15, 0.2) is 0 Å². The Morgan fingerprint density at radius 2 is 2.17 bits per heavy atom. The van der Waals surface area contributed by atoms with E-state index in [-0.39, 0.29) is 0 Å². The van der Waals surface area contributed by atoms with Crippen LogP contribution in [-0.2, 0) is 14.2 Å². The highest BCUT2D eigenvalue weighted by molar-refractivity contribution is 4.79. The lowest BCUT2D eigenvalue weighted by Gasteiger charge is -2.32. The van der Waals surface area contributed by atoms with Crippen LogP contribution in [0.3, 0.4) is 0 Å². The summed E-state index contributed by atoms with van der Waals surface area (Å²) in [6, 6.07) is 0.612. The van der Waals surface area contributed by atoms with Crippen LogP contribution >= 0.6 is 0 Å². The van der Waals surface area contributed by atoms with Gasteiger partial charge in [-0.2, -0.15) is 0 Å². The predicted molar refractivity (Wildman–Crippen MR) is 72.9 cm³/mol. The first kappa shape index (κ1) is 15.9. The van der Waals surface area contributed by atoms with Gasteiger partial charge in [0.25, 0.3) is 0 Å². The summed E-state index contributed by atoms with van der Waals surface area (Å²) in [4.78, 5) is 0. The highest BCUT2D eigenvalue weighted by atomic mass is 16.5. The maximum Gasteiger partial charge on any atom is 0.0510 e. The van der Waals surface area contributed by atoms with Crippen molar-refractivity contribution in [1.82, 2.24) is 5.32 Å². The van der Waals surface area contributed by atoms with Crippen LogP contribution in [-0.4, -0.2) is 52.7 Å². The highest BCUT2D eigenvalue weighted by Gasteiger charge is 2.24.